The summed E-state index contributed by atoms with van der Waals surface area (Å²) in [6.45, 7) is 2.51. The molecule has 0 aromatic carbocycles. The van der Waals surface area contributed by atoms with Crippen LogP contribution < -0.4 is 10.9 Å². The van der Waals surface area contributed by atoms with Gasteiger partial charge in [0, 0.05) is 6.54 Å². The van der Waals surface area contributed by atoms with Gasteiger partial charge in [0.15, 0.2) is 0 Å². The number of anilines is 1. The number of rotatable bonds is 5. The zero-order valence-electron chi connectivity index (χ0n) is 9.30. The molecule has 1 heterocycles. The second-order valence-corrected chi connectivity index (χ2v) is 3.83. The molecule has 0 saturated carbocycles. The second-order valence-electron chi connectivity index (χ2n) is 3.45. The van der Waals surface area contributed by atoms with Crippen molar-refractivity contribution in [3.63, 3.8) is 0 Å². The minimum atomic E-state index is -4.52. The molecule has 1 rings (SSSR count). The molecule has 0 aliphatic heterocycles. The highest BCUT2D eigenvalue weighted by molar-refractivity contribution is 6.32. The van der Waals surface area contributed by atoms with Gasteiger partial charge >= 0.3 is 6.18 Å². The van der Waals surface area contributed by atoms with E-state index < -0.39 is 18.3 Å². The summed E-state index contributed by atoms with van der Waals surface area (Å²) in [6, 6.07) is 0. The molecule has 4 nitrogen and oxygen atoms in total. The molecule has 8 heteroatoms. The Morgan fingerprint density at radius 2 is 2.22 bits per heavy atom. The zero-order chi connectivity index (χ0) is 13.8. The minimum Gasteiger partial charge on any atom is -0.382 e. The van der Waals surface area contributed by atoms with Gasteiger partial charge in [0.1, 0.15) is 11.6 Å². The first kappa shape index (κ1) is 14.6. The summed E-state index contributed by atoms with van der Waals surface area (Å²) in [5.74, 6) is 0. The van der Waals surface area contributed by atoms with Crippen molar-refractivity contribution in [1.29, 1.82) is 0 Å². The molecular formula is C10H11ClF3N3O. The second kappa shape index (κ2) is 5.90. The van der Waals surface area contributed by atoms with Gasteiger partial charge < -0.3 is 5.32 Å². The van der Waals surface area contributed by atoms with E-state index in [2.05, 4.69) is 17.0 Å². The van der Waals surface area contributed by atoms with Crippen LogP contribution in [0.3, 0.4) is 0 Å². The molecular weight excluding hydrogens is 271 g/mol. The molecule has 1 aromatic heterocycles. The molecule has 0 aliphatic rings. The average molecular weight is 282 g/mol. The van der Waals surface area contributed by atoms with E-state index in [9.17, 15) is 18.0 Å². The van der Waals surface area contributed by atoms with E-state index in [1.165, 1.54) is 0 Å². The van der Waals surface area contributed by atoms with Crippen molar-refractivity contribution in [2.24, 2.45) is 0 Å². The van der Waals surface area contributed by atoms with Crippen LogP contribution in [0.5, 0.6) is 0 Å². The Morgan fingerprint density at radius 3 is 2.78 bits per heavy atom. The molecule has 0 radical (unpaired) electrons. The molecule has 0 saturated heterocycles. The van der Waals surface area contributed by atoms with Crippen molar-refractivity contribution in [2.45, 2.75) is 19.1 Å². The fraction of sp³-hybridized carbons (Fsp3) is 0.400. The lowest BCUT2D eigenvalue weighted by Crippen LogP contribution is -2.30. The first-order chi connectivity index (χ1) is 8.35. The van der Waals surface area contributed by atoms with E-state index in [0.29, 0.717) is 13.0 Å². The summed E-state index contributed by atoms with van der Waals surface area (Å²) < 4.78 is 36.7. The first-order valence-corrected chi connectivity index (χ1v) is 5.40. The quantitative estimate of drug-likeness (QED) is 0.666. The summed E-state index contributed by atoms with van der Waals surface area (Å²) in [6.07, 6.45) is -1.14. The Hall–Kier alpha value is -1.50. The summed E-state index contributed by atoms with van der Waals surface area (Å²) in [5.41, 5.74) is -0.764. The number of alkyl halides is 3. The Morgan fingerprint density at radius 1 is 1.56 bits per heavy atom. The largest absolute Gasteiger partial charge is 0.408 e. The van der Waals surface area contributed by atoms with Gasteiger partial charge in [-0.15, -0.1) is 6.58 Å². The predicted molar refractivity (Wildman–Crippen MR) is 62.9 cm³/mol. The summed E-state index contributed by atoms with van der Waals surface area (Å²) in [5, 5.41) is 5.89. The molecule has 18 heavy (non-hydrogen) atoms. The monoisotopic (exact) mass is 281 g/mol. The first-order valence-electron chi connectivity index (χ1n) is 5.02. The van der Waals surface area contributed by atoms with Crippen molar-refractivity contribution < 1.29 is 13.2 Å². The number of nitrogens with zero attached hydrogens (tertiary/aromatic N) is 2. The maximum Gasteiger partial charge on any atom is 0.408 e. The Kier molecular flexibility index (Phi) is 4.77. The van der Waals surface area contributed by atoms with E-state index in [-0.39, 0.29) is 15.4 Å². The highest BCUT2D eigenvalue weighted by atomic mass is 35.5. The molecule has 0 unspecified atom stereocenters. The van der Waals surface area contributed by atoms with Gasteiger partial charge in [-0.2, -0.15) is 18.3 Å². The third-order valence-electron chi connectivity index (χ3n) is 1.98. The summed E-state index contributed by atoms with van der Waals surface area (Å²) in [7, 11) is 0. The maximum absolute atomic E-state index is 12.1. The molecule has 100 valence electrons. The topological polar surface area (TPSA) is 46.9 Å². The SMILES string of the molecule is C=CCCNc1cnn(CC(F)(F)F)c(=O)c1Cl. The third-order valence-corrected chi connectivity index (χ3v) is 2.34. The molecule has 1 aromatic rings. The predicted octanol–water partition coefficient (Wildman–Crippen LogP) is 2.45. The Labute approximate surface area is 106 Å². The van der Waals surface area contributed by atoms with E-state index in [1.54, 1.807) is 6.08 Å². The van der Waals surface area contributed by atoms with Gasteiger partial charge in [0.05, 0.1) is 11.9 Å². The normalized spacial score (nSPS) is 11.3. The lowest BCUT2D eigenvalue weighted by atomic mass is 10.4. The van der Waals surface area contributed by atoms with E-state index >= 15 is 0 Å². The van der Waals surface area contributed by atoms with Crippen molar-refractivity contribution >= 4 is 17.3 Å². The van der Waals surface area contributed by atoms with Crippen LogP contribution in [0.1, 0.15) is 6.42 Å². The van der Waals surface area contributed by atoms with Crippen molar-refractivity contribution in [1.82, 2.24) is 9.78 Å². The molecule has 0 fully saturated rings. The zero-order valence-corrected chi connectivity index (χ0v) is 10.1. The van der Waals surface area contributed by atoms with Crippen LogP contribution in [0.25, 0.3) is 0 Å². The van der Waals surface area contributed by atoms with Crippen LogP contribution in [-0.4, -0.2) is 22.5 Å². The van der Waals surface area contributed by atoms with Crippen molar-refractivity contribution in [3.05, 3.63) is 34.2 Å². The van der Waals surface area contributed by atoms with Crippen LogP contribution in [0.15, 0.2) is 23.6 Å². The number of aromatic nitrogens is 2. The smallest absolute Gasteiger partial charge is 0.382 e. The van der Waals surface area contributed by atoms with Gasteiger partial charge in [-0.1, -0.05) is 17.7 Å². The van der Waals surface area contributed by atoms with Crippen LogP contribution in [0.2, 0.25) is 5.02 Å². The number of hydrogen-bond acceptors (Lipinski definition) is 3. The highest BCUT2D eigenvalue weighted by Crippen LogP contribution is 2.18. The molecule has 0 spiro atoms. The molecule has 0 aliphatic carbocycles. The number of halogens is 4. The lowest BCUT2D eigenvalue weighted by molar-refractivity contribution is -0.143. The summed E-state index contributed by atoms with van der Waals surface area (Å²) >= 11 is 5.68. The van der Waals surface area contributed by atoms with Crippen molar-refractivity contribution in [3.8, 4) is 0 Å². The Balaban J connectivity index is 2.91. The summed E-state index contributed by atoms with van der Waals surface area (Å²) in [4.78, 5) is 11.5. The third kappa shape index (κ3) is 4.06. The molecule has 0 bridgehead atoms. The fourth-order valence-electron chi connectivity index (χ4n) is 1.18. The lowest BCUT2D eigenvalue weighted by Gasteiger charge is -2.11. The van der Waals surface area contributed by atoms with E-state index in [0.717, 1.165) is 6.20 Å². The standard InChI is InChI=1S/C10H11ClF3N3O/c1-2-3-4-15-7-5-16-17(6-10(12,13)14)9(18)8(7)11/h2,5,15H,1,3-4,6H2. The van der Waals surface area contributed by atoms with Crippen LogP contribution in [-0.2, 0) is 6.54 Å². The van der Waals surface area contributed by atoms with E-state index in [1.807, 2.05) is 0 Å². The van der Waals surface area contributed by atoms with Crippen LogP contribution in [0.4, 0.5) is 18.9 Å². The van der Waals surface area contributed by atoms with Crippen molar-refractivity contribution in [2.75, 3.05) is 11.9 Å². The van der Waals surface area contributed by atoms with Gasteiger partial charge in [0.25, 0.3) is 5.56 Å². The van der Waals surface area contributed by atoms with Gasteiger partial charge in [-0.05, 0) is 6.42 Å². The maximum atomic E-state index is 12.1. The van der Waals surface area contributed by atoms with Gasteiger partial charge in [-0.25, -0.2) is 4.68 Å². The number of nitrogens with one attached hydrogen (secondary N) is 1. The Bertz CT molecular complexity index is 484. The van der Waals surface area contributed by atoms with Crippen LogP contribution in [0, 0.1) is 0 Å². The minimum absolute atomic E-state index is 0.210. The van der Waals surface area contributed by atoms with E-state index in [4.69, 9.17) is 11.6 Å². The molecule has 0 amide bonds. The fourth-order valence-corrected chi connectivity index (χ4v) is 1.39. The van der Waals surface area contributed by atoms with Gasteiger partial charge in [0.2, 0.25) is 0 Å². The molecule has 0 atom stereocenters. The average Bonchev–Trinajstić information content (AvgIpc) is 2.27. The van der Waals surface area contributed by atoms with Crippen LogP contribution >= 0.6 is 11.6 Å². The highest BCUT2D eigenvalue weighted by Gasteiger charge is 2.29. The van der Waals surface area contributed by atoms with Gasteiger partial charge in [-0.3, -0.25) is 4.79 Å². The molecule has 1 N–H and O–H groups in total. The number of hydrogen-bond donors (Lipinski definition) is 1.